The van der Waals surface area contributed by atoms with Crippen LogP contribution in [0.25, 0.3) is 54.9 Å². The Hall–Kier alpha value is -3.45. The summed E-state index contributed by atoms with van der Waals surface area (Å²) >= 11 is 0. The van der Waals surface area contributed by atoms with Gasteiger partial charge in [0.05, 0.1) is 0 Å². The quantitative estimate of drug-likeness (QED) is 0.290. The Labute approximate surface area is 156 Å². The van der Waals surface area contributed by atoms with Crippen LogP contribution in [0.3, 0.4) is 0 Å². The maximum Gasteiger partial charge on any atom is 0.123 e. The zero-order valence-corrected chi connectivity index (χ0v) is 14.5. The second-order valence-electron chi connectivity index (χ2n) is 7.14. The normalized spacial score (nSPS) is 11.9. The zero-order chi connectivity index (χ0) is 18.0. The van der Waals surface area contributed by atoms with Crippen molar-refractivity contribution < 1.29 is 4.39 Å². The molecule has 0 saturated carbocycles. The van der Waals surface area contributed by atoms with Crippen molar-refractivity contribution in [2.45, 2.75) is 0 Å². The second-order valence-corrected chi connectivity index (χ2v) is 7.14. The Kier molecular flexibility index (Phi) is 2.87. The van der Waals surface area contributed by atoms with E-state index in [1.807, 2.05) is 12.1 Å². The summed E-state index contributed by atoms with van der Waals surface area (Å²) < 4.78 is 13.5. The smallest absolute Gasteiger partial charge is 0.123 e. The highest BCUT2D eigenvalue weighted by Crippen LogP contribution is 2.52. The standard InChI is InChI=1S/C26H15F/c27-20-11-8-16(9-12-20)21-13-10-17-6-3-7-22-23-14-18-4-1-2-5-19(18)15-24(23)26(21)25(17)22/h1-15H. The third-order valence-corrected chi connectivity index (χ3v) is 5.65. The third kappa shape index (κ3) is 2.03. The molecule has 0 atom stereocenters. The average Bonchev–Trinajstić information content (AvgIpc) is 3.03. The molecule has 1 aliphatic rings. The van der Waals surface area contributed by atoms with Gasteiger partial charge in [0.15, 0.2) is 0 Å². The lowest BCUT2D eigenvalue weighted by atomic mass is 9.92. The summed E-state index contributed by atoms with van der Waals surface area (Å²) in [4.78, 5) is 0. The van der Waals surface area contributed by atoms with Crippen LogP contribution >= 0.6 is 0 Å². The summed E-state index contributed by atoms with van der Waals surface area (Å²) in [5.74, 6) is -0.206. The molecule has 0 aliphatic heterocycles. The molecule has 1 aliphatic carbocycles. The van der Waals surface area contributed by atoms with Crippen LogP contribution in [0.1, 0.15) is 0 Å². The van der Waals surface area contributed by atoms with E-state index in [1.54, 1.807) is 0 Å². The van der Waals surface area contributed by atoms with Gasteiger partial charge in [-0.3, -0.25) is 0 Å². The highest BCUT2D eigenvalue weighted by molar-refractivity contribution is 6.20. The number of halogens is 1. The van der Waals surface area contributed by atoms with Crippen molar-refractivity contribution in [1.29, 1.82) is 0 Å². The van der Waals surface area contributed by atoms with Gasteiger partial charge in [-0.2, -0.15) is 0 Å². The summed E-state index contributed by atoms with van der Waals surface area (Å²) in [6.45, 7) is 0. The maximum atomic E-state index is 13.5. The molecular formula is C26H15F. The van der Waals surface area contributed by atoms with E-state index >= 15 is 0 Å². The van der Waals surface area contributed by atoms with Gasteiger partial charge in [0, 0.05) is 0 Å². The van der Waals surface area contributed by atoms with E-state index in [0.717, 1.165) is 11.1 Å². The fraction of sp³-hybridized carbons (Fsp3) is 0. The number of hydrogen-bond donors (Lipinski definition) is 0. The Morgan fingerprint density at radius 2 is 1.19 bits per heavy atom. The van der Waals surface area contributed by atoms with Crippen molar-refractivity contribution in [2.75, 3.05) is 0 Å². The van der Waals surface area contributed by atoms with E-state index in [2.05, 4.69) is 66.7 Å². The van der Waals surface area contributed by atoms with Crippen LogP contribution in [0.15, 0.2) is 91.0 Å². The molecular weight excluding hydrogens is 331 g/mol. The van der Waals surface area contributed by atoms with Crippen molar-refractivity contribution in [3.05, 3.63) is 96.8 Å². The fourth-order valence-electron chi connectivity index (χ4n) is 4.42. The van der Waals surface area contributed by atoms with Crippen LogP contribution in [0.2, 0.25) is 0 Å². The van der Waals surface area contributed by atoms with Gasteiger partial charge in [0.25, 0.3) is 0 Å². The molecule has 0 heterocycles. The van der Waals surface area contributed by atoms with Gasteiger partial charge in [0.1, 0.15) is 5.82 Å². The minimum atomic E-state index is -0.206. The van der Waals surface area contributed by atoms with Crippen molar-refractivity contribution in [2.24, 2.45) is 0 Å². The van der Waals surface area contributed by atoms with Crippen molar-refractivity contribution >= 4 is 21.5 Å². The Bertz CT molecular complexity index is 1360. The molecule has 0 spiro atoms. The molecule has 5 aromatic rings. The Morgan fingerprint density at radius 1 is 0.481 bits per heavy atom. The summed E-state index contributed by atoms with van der Waals surface area (Å²) in [5.41, 5.74) is 7.29. The molecule has 6 rings (SSSR count). The first-order chi connectivity index (χ1) is 13.3. The molecule has 0 nitrogen and oxygen atoms in total. The van der Waals surface area contributed by atoms with Crippen LogP contribution in [0.5, 0.6) is 0 Å². The lowest BCUT2D eigenvalue weighted by Gasteiger charge is -2.11. The Morgan fingerprint density at radius 3 is 1.96 bits per heavy atom. The van der Waals surface area contributed by atoms with Crippen LogP contribution in [-0.2, 0) is 0 Å². The molecule has 0 radical (unpaired) electrons. The van der Waals surface area contributed by atoms with Gasteiger partial charge in [0.2, 0.25) is 0 Å². The summed E-state index contributed by atoms with van der Waals surface area (Å²) in [5, 5.41) is 5.04. The highest BCUT2D eigenvalue weighted by Gasteiger charge is 2.24. The molecule has 27 heavy (non-hydrogen) atoms. The predicted octanol–water partition coefficient (Wildman–Crippen LogP) is 7.45. The van der Waals surface area contributed by atoms with Crippen molar-refractivity contribution in [1.82, 2.24) is 0 Å². The molecule has 126 valence electrons. The van der Waals surface area contributed by atoms with Gasteiger partial charge in [-0.25, -0.2) is 4.39 Å². The van der Waals surface area contributed by atoms with Gasteiger partial charge in [-0.05, 0) is 79.2 Å². The topological polar surface area (TPSA) is 0 Å². The van der Waals surface area contributed by atoms with Crippen molar-refractivity contribution in [3.63, 3.8) is 0 Å². The molecule has 0 saturated heterocycles. The molecule has 0 bridgehead atoms. The number of benzene rings is 5. The van der Waals surface area contributed by atoms with Gasteiger partial charge >= 0.3 is 0 Å². The first kappa shape index (κ1) is 14.7. The summed E-state index contributed by atoms with van der Waals surface area (Å²) in [6.07, 6.45) is 0. The van der Waals surface area contributed by atoms with E-state index in [9.17, 15) is 4.39 Å². The van der Waals surface area contributed by atoms with Crippen LogP contribution in [-0.4, -0.2) is 0 Å². The van der Waals surface area contributed by atoms with E-state index in [0.29, 0.717) is 0 Å². The van der Waals surface area contributed by atoms with Crippen molar-refractivity contribution in [3.8, 4) is 33.4 Å². The SMILES string of the molecule is Fc1ccc(-c2ccc3cccc4c3c2-c2cc3ccccc3cc2-4)cc1. The van der Waals surface area contributed by atoms with E-state index in [1.165, 1.54) is 55.9 Å². The lowest BCUT2D eigenvalue weighted by molar-refractivity contribution is 0.628. The number of fused-ring (bicyclic) bond motifs is 4. The summed E-state index contributed by atoms with van der Waals surface area (Å²) in [6, 6.07) is 30.8. The largest absolute Gasteiger partial charge is 0.207 e. The average molecular weight is 346 g/mol. The Balaban J connectivity index is 1.76. The van der Waals surface area contributed by atoms with Crippen LogP contribution < -0.4 is 0 Å². The molecule has 0 fully saturated rings. The first-order valence-corrected chi connectivity index (χ1v) is 9.15. The molecule has 0 amide bonds. The number of rotatable bonds is 1. The molecule has 0 aromatic heterocycles. The number of hydrogen-bond acceptors (Lipinski definition) is 0. The third-order valence-electron chi connectivity index (χ3n) is 5.65. The van der Waals surface area contributed by atoms with Gasteiger partial charge in [-0.15, -0.1) is 0 Å². The second kappa shape index (κ2) is 5.28. The molecule has 0 unspecified atom stereocenters. The molecule has 0 N–H and O–H groups in total. The lowest BCUT2D eigenvalue weighted by Crippen LogP contribution is -1.85. The summed E-state index contributed by atoms with van der Waals surface area (Å²) in [7, 11) is 0. The first-order valence-electron chi connectivity index (χ1n) is 9.15. The monoisotopic (exact) mass is 346 g/mol. The minimum Gasteiger partial charge on any atom is -0.207 e. The van der Waals surface area contributed by atoms with E-state index in [4.69, 9.17) is 0 Å². The molecule has 5 aromatic carbocycles. The highest BCUT2D eigenvalue weighted by atomic mass is 19.1. The fourth-order valence-corrected chi connectivity index (χ4v) is 4.42. The maximum absolute atomic E-state index is 13.5. The molecule has 1 heteroatoms. The van der Waals surface area contributed by atoms with Crippen LogP contribution in [0, 0.1) is 5.82 Å². The minimum absolute atomic E-state index is 0.206. The van der Waals surface area contributed by atoms with Gasteiger partial charge < -0.3 is 0 Å². The predicted molar refractivity (Wildman–Crippen MR) is 111 cm³/mol. The zero-order valence-electron chi connectivity index (χ0n) is 14.5. The van der Waals surface area contributed by atoms with Gasteiger partial charge in [-0.1, -0.05) is 66.7 Å². The van der Waals surface area contributed by atoms with E-state index < -0.39 is 0 Å². The van der Waals surface area contributed by atoms with E-state index in [-0.39, 0.29) is 5.82 Å². The van der Waals surface area contributed by atoms with Crippen LogP contribution in [0.4, 0.5) is 4.39 Å².